The molecule has 2 saturated heterocycles. The average Bonchev–Trinajstić information content (AvgIpc) is 2.99. The molecule has 0 bridgehead atoms. The summed E-state index contributed by atoms with van der Waals surface area (Å²) in [4.78, 5) is 15.1. The fourth-order valence-corrected chi connectivity index (χ4v) is 3.72. The van der Waals surface area contributed by atoms with Crippen molar-refractivity contribution in [3.8, 4) is 0 Å². The maximum absolute atomic E-state index is 13.4. The van der Waals surface area contributed by atoms with Gasteiger partial charge in [-0.2, -0.15) is 0 Å². The average molecular weight is 311 g/mol. The fraction of sp³-hybridized carbons (Fsp3) is 0.562. The second kappa shape index (κ2) is 6.42. The minimum atomic E-state index is -0.408. The molecule has 21 heavy (non-hydrogen) atoms. The Hall–Kier alpha value is -0.970. The number of benzene rings is 1. The third kappa shape index (κ3) is 3.12. The highest BCUT2D eigenvalue weighted by atomic mass is 35.5. The van der Waals surface area contributed by atoms with Crippen LogP contribution < -0.4 is 5.32 Å². The topological polar surface area (TPSA) is 32.3 Å². The van der Waals surface area contributed by atoms with E-state index in [0.717, 1.165) is 45.3 Å². The first-order valence-corrected chi connectivity index (χ1v) is 8.00. The number of halogens is 2. The molecule has 0 saturated carbocycles. The first-order valence-electron chi connectivity index (χ1n) is 7.62. The molecular formula is C16H20ClFN2O. The first kappa shape index (κ1) is 14.9. The van der Waals surface area contributed by atoms with E-state index in [2.05, 4.69) is 10.2 Å². The van der Waals surface area contributed by atoms with E-state index in [1.165, 1.54) is 18.2 Å². The van der Waals surface area contributed by atoms with Crippen molar-refractivity contribution in [1.82, 2.24) is 10.2 Å². The van der Waals surface area contributed by atoms with Gasteiger partial charge < -0.3 is 5.32 Å². The van der Waals surface area contributed by atoms with Crippen molar-refractivity contribution < 1.29 is 9.18 Å². The lowest BCUT2D eigenvalue weighted by atomic mass is 9.98. The van der Waals surface area contributed by atoms with E-state index < -0.39 is 5.82 Å². The molecule has 0 aromatic heterocycles. The van der Waals surface area contributed by atoms with E-state index in [9.17, 15) is 9.18 Å². The van der Waals surface area contributed by atoms with Gasteiger partial charge in [0.05, 0.1) is 11.1 Å². The van der Waals surface area contributed by atoms with Crippen molar-refractivity contribution >= 4 is 17.4 Å². The van der Waals surface area contributed by atoms with Crippen LogP contribution in [0.15, 0.2) is 18.2 Å². The molecule has 1 N–H and O–H groups in total. The number of nitrogens with zero attached hydrogens (tertiary/aromatic N) is 1. The minimum absolute atomic E-state index is 0.0319. The maximum Gasteiger partial charge on any atom is 0.181 e. The summed E-state index contributed by atoms with van der Waals surface area (Å²) in [6.45, 7) is 2.96. The van der Waals surface area contributed by atoms with Gasteiger partial charge in [0.15, 0.2) is 5.78 Å². The van der Waals surface area contributed by atoms with E-state index in [4.69, 9.17) is 11.6 Å². The molecule has 2 fully saturated rings. The van der Waals surface area contributed by atoms with E-state index in [1.54, 1.807) is 0 Å². The lowest BCUT2D eigenvalue weighted by molar-refractivity contribution is 0.0783. The van der Waals surface area contributed by atoms with E-state index in [0.29, 0.717) is 16.6 Å². The SMILES string of the molecule is O=C(c1cc(F)ccc1Cl)C1CCCN1C1CCNCC1. The van der Waals surface area contributed by atoms with Crippen LogP contribution in [0.3, 0.4) is 0 Å². The zero-order chi connectivity index (χ0) is 14.8. The largest absolute Gasteiger partial charge is 0.317 e. The van der Waals surface area contributed by atoms with Crippen LogP contribution in [0, 0.1) is 5.82 Å². The molecule has 3 nitrogen and oxygen atoms in total. The zero-order valence-corrected chi connectivity index (χ0v) is 12.7. The first-order chi connectivity index (χ1) is 10.2. The summed E-state index contributed by atoms with van der Waals surface area (Å²) in [6.07, 6.45) is 4.00. The Morgan fingerprint density at radius 1 is 1.29 bits per heavy atom. The monoisotopic (exact) mass is 310 g/mol. The molecule has 2 heterocycles. The molecule has 2 aliphatic rings. The molecule has 0 aliphatic carbocycles. The number of hydrogen-bond acceptors (Lipinski definition) is 3. The fourth-order valence-electron chi connectivity index (χ4n) is 3.51. The number of nitrogens with one attached hydrogen (secondary N) is 1. The Kier molecular flexibility index (Phi) is 4.57. The third-order valence-electron chi connectivity index (χ3n) is 4.57. The van der Waals surface area contributed by atoms with Crippen LogP contribution in [0.2, 0.25) is 5.02 Å². The predicted molar refractivity (Wildman–Crippen MR) is 81.4 cm³/mol. The summed E-state index contributed by atoms with van der Waals surface area (Å²) in [5, 5.41) is 3.69. The van der Waals surface area contributed by atoms with Crippen molar-refractivity contribution in [1.29, 1.82) is 0 Å². The van der Waals surface area contributed by atoms with Gasteiger partial charge in [-0.3, -0.25) is 9.69 Å². The van der Waals surface area contributed by atoms with Gasteiger partial charge in [0.1, 0.15) is 5.82 Å². The van der Waals surface area contributed by atoms with Crippen LogP contribution in [0.5, 0.6) is 0 Å². The molecule has 0 spiro atoms. The smallest absolute Gasteiger partial charge is 0.181 e. The molecule has 1 unspecified atom stereocenters. The van der Waals surface area contributed by atoms with Crippen molar-refractivity contribution in [2.45, 2.75) is 37.8 Å². The second-order valence-electron chi connectivity index (χ2n) is 5.87. The number of rotatable bonds is 3. The molecule has 1 aromatic carbocycles. The molecule has 0 amide bonds. The Labute approximate surface area is 129 Å². The minimum Gasteiger partial charge on any atom is -0.317 e. The molecular weight excluding hydrogens is 291 g/mol. The van der Waals surface area contributed by atoms with Crippen molar-refractivity contribution in [2.24, 2.45) is 0 Å². The summed E-state index contributed by atoms with van der Waals surface area (Å²) < 4.78 is 13.4. The Morgan fingerprint density at radius 2 is 2.05 bits per heavy atom. The highest BCUT2D eigenvalue weighted by molar-refractivity contribution is 6.34. The van der Waals surface area contributed by atoms with E-state index >= 15 is 0 Å². The van der Waals surface area contributed by atoms with Gasteiger partial charge in [-0.05, 0) is 63.5 Å². The quantitative estimate of drug-likeness (QED) is 0.871. The summed E-state index contributed by atoms with van der Waals surface area (Å²) >= 11 is 6.09. The molecule has 1 atom stereocenters. The van der Waals surface area contributed by atoms with Gasteiger partial charge in [-0.15, -0.1) is 0 Å². The Morgan fingerprint density at radius 3 is 2.81 bits per heavy atom. The Bertz CT molecular complexity index is 531. The predicted octanol–water partition coefficient (Wildman–Crippen LogP) is 2.88. The van der Waals surface area contributed by atoms with Crippen LogP contribution in [0.25, 0.3) is 0 Å². The van der Waals surface area contributed by atoms with Gasteiger partial charge in [-0.25, -0.2) is 4.39 Å². The maximum atomic E-state index is 13.4. The third-order valence-corrected chi connectivity index (χ3v) is 4.90. The molecule has 5 heteroatoms. The molecule has 114 valence electrons. The number of carbonyl (C=O) groups excluding carboxylic acids is 1. The van der Waals surface area contributed by atoms with Crippen LogP contribution in [-0.2, 0) is 0 Å². The van der Waals surface area contributed by atoms with Crippen molar-refractivity contribution in [2.75, 3.05) is 19.6 Å². The normalized spacial score (nSPS) is 24.4. The van der Waals surface area contributed by atoms with Crippen LogP contribution >= 0.6 is 11.6 Å². The van der Waals surface area contributed by atoms with E-state index in [1.807, 2.05) is 0 Å². The number of carbonyl (C=O) groups is 1. The lowest BCUT2D eigenvalue weighted by Crippen LogP contribution is -2.47. The van der Waals surface area contributed by atoms with Gasteiger partial charge in [-0.1, -0.05) is 11.6 Å². The van der Waals surface area contributed by atoms with Gasteiger partial charge in [0.2, 0.25) is 0 Å². The second-order valence-corrected chi connectivity index (χ2v) is 6.27. The van der Waals surface area contributed by atoms with Crippen molar-refractivity contribution in [3.63, 3.8) is 0 Å². The summed E-state index contributed by atoms with van der Waals surface area (Å²) in [6, 6.07) is 4.33. The summed E-state index contributed by atoms with van der Waals surface area (Å²) in [5.74, 6) is -0.440. The number of hydrogen-bond donors (Lipinski definition) is 1. The van der Waals surface area contributed by atoms with Gasteiger partial charge in [0.25, 0.3) is 0 Å². The molecule has 1 aromatic rings. The van der Waals surface area contributed by atoms with Gasteiger partial charge in [0, 0.05) is 11.6 Å². The van der Waals surface area contributed by atoms with Crippen LogP contribution in [0.1, 0.15) is 36.0 Å². The van der Waals surface area contributed by atoms with Crippen LogP contribution in [0.4, 0.5) is 4.39 Å². The highest BCUT2D eigenvalue weighted by Gasteiger charge is 2.36. The summed E-state index contributed by atoms with van der Waals surface area (Å²) in [5.41, 5.74) is 0.322. The number of ketones is 1. The standard InChI is InChI=1S/C16H20ClFN2O/c17-14-4-3-11(18)10-13(14)16(21)15-2-1-9-20(15)12-5-7-19-8-6-12/h3-4,10,12,15,19H,1-2,5-9H2. The highest BCUT2D eigenvalue weighted by Crippen LogP contribution is 2.29. The lowest BCUT2D eigenvalue weighted by Gasteiger charge is -2.35. The Balaban J connectivity index is 1.80. The molecule has 2 aliphatic heterocycles. The number of likely N-dealkylation sites (tertiary alicyclic amines) is 1. The zero-order valence-electron chi connectivity index (χ0n) is 11.9. The summed E-state index contributed by atoms with van der Waals surface area (Å²) in [7, 11) is 0. The number of piperidine rings is 1. The molecule has 0 radical (unpaired) electrons. The van der Waals surface area contributed by atoms with Gasteiger partial charge >= 0.3 is 0 Å². The van der Waals surface area contributed by atoms with Crippen molar-refractivity contribution in [3.05, 3.63) is 34.6 Å². The van der Waals surface area contributed by atoms with Crippen LogP contribution in [-0.4, -0.2) is 42.4 Å². The molecule has 3 rings (SSSR count). The number of Topliss-reactive ketones (excluding diaryl/α,β-unsaturated/α-hetero) is 1. The van der Waals surface area contributed by atoms with E-state index in [-0.39, 0.29) is 11.8 Å².